The van der Waals surface area contributed by atoms with Gasteiger partial charge in [-0.15, -0.1) is 11.8 Å². The number of halogens is 1. The topological polar surface area (TPSA) is 38.8 Å². The Kier molecular flexibility index (Phi) is 5.48. The number of amides is 1. The van der Waals surface area contributed by atoms with Gasteiger partial charge in [-0.3, -0.25) is 4.79 Å². The molecule has 3 rings (SSSR count). The molecule has 6 heteroatoms. The second-order valence-electron chi connectivity index (χ2n) is 5.76. The summed E-state index contributed by atoms with van der Waals surface area (Å²) in [6, 6.07) is 10.4. The lowest BCUT2D eigenvalue weighted by molar-refractivity contribution is -0.129. The number of methoxy groups -OCH3 is 2. The molecule has 1 amide bonds. The minimum absolute atomic E-state index is 0.00804. The summed E-state index contributed by atoms with van der Waals surface area (Å²) in [4.78, 5) is 14.8. The summed E-state index contributed by atoms with van der Waals surface area (Å²) in [6.45, 7) is 1.19. The lowest BCUT2D eigenvalue weighted by Gasteiger charge is -2.29. The monoisotopic (exact) mass is 361 g/mol. The van der Waals surface area contributed by atoms with E-state index < -0.39 is 0 Å². The number of hydrogen-bond donors (Lipinski definition) is 0. The summed E-state index contributed by atoms with van der Waals surface area (Å²) >= 11 is 1.23. The summed E-state index contributed by atoms with van der Waals surface area (Å²) in [7, 11) is 3.21. The zero-order valence-corrected chi connectivity index (χ0v) is 15.1. The Balaban J connectivity index is 1.67. The lowest BCUT2D eigenvalue weighted by atomic mass is 9.99. The highest BCUT2D eigenvalue weighted by Gasteiger charge is 2.23. The zero-order chi connectivity index (χ0) is 17.8. The van der Waals surface area contributed by atoms with Gasteiger partial charge in [0.25, 0.3) is 0 Å². The van der Waals surface area contributed by atoms with Gasteiger partial charge in [-0.05, 0) is 41.8 Å². The van der Waals surface area contributed by atoms with Crippen molar-refractivity contribution in [3.05, 3.63) is 53.3 Å². The SMILES string of the molecule is COc1cc2c(cc1OC)CN(C(=O)CSc1ccccc1F)CC2. The summed E-state index contributed by atoms with van der Waals surface area (Å²) in [5, 5.41) is 0. The number of rotatable bonds is 5. The first-order valence-corrected chi connectivity index (χ1v) is 9.00. The quantitative estimate of drug-likeness (QED) is 0.764. The number of hydrogen-bond acceptors (Lipinski definition) is 4. The number of fused-ring (bicyclic) bond motifs is 1. The maximum atomic E-state index is 13.7. The van der Waals surface area contributed by atoms with Gasteiger partial charge in [0.2, 0.25) is 5.91 Å². The third kappa shape index (κ3) is 3.90. The number of benzene rings is 2. The van der Waals surface area contributed by atoms with Gasteiger partial charge in [-0.2, -0.15) is 0 Å². The molecule has 0 N–H and O–H groups in total. The summed E-state index contributed by atoms with van der Waals surface area (Å²) in [5.41, 5.74) is 2.23. The van der Waals surface area contributed by atoms with Crippen LogP contribution in [0, 0.1) is 5.82 Å². The molecule has 0 bridgehead atoms. The standard InChI is InChI=1S/C19H20FNO3S/c1-23-16-9-13-7-8-21(11-14(13)10-17(16)24-2)19(22)12-25-18-6-4-3-5-15(18)20/h3-6,9-10H,7-8,11-12H2,1-2H3. The van der Waals surface area contributed by atoms with Crippen molar-refractivity contribution in [2.75, 3.05) is 26.5 Å². The first kappa shape index (κ1) is 17.6. The normalized spacial score (nSPS) is 13.3. The minimum atomic E-state index is -0.291. The van der Waals surface area contributed by atoms with Gasteiger partial charge in [-0.1, -0.05) is 12.1 Å². The van der Waals surface area contributed by atoms with E-state index in [1.165, 1.54) is 23.4 Å². The molecule has 1 heterocycles. The smallest absolute Gasteiger partial charge is 0.233 e. The van der Waals surface area contributed by atoms with Crippen molar-refractivity contribution < 1.29 is 18.7 Å². The van der Waals surface area contributed by atoms with Crippen molar-refractivity contribution >= 4 is 17.7 Å². The molecule has 4 nitrogen and oxygen atoms in total. The molecule has 0 saturated heterocycles. The Labute approximate surface area is 150 Å². The highest BCUT2D eigenvalue weighted by atomic mass is 32.2. The second-order valence-corrected chi connectivity index (χ2v) is 6.78. The van der Waals surface area contributed by atoms with E-state index in [0.29, 0.717) is 29.5 Å². The number of carbonyl (C=O) groups excluding carboxylic acids is 1. The molecule has 0 aliphatic carbocycles. The van der Waals surface area contributed by atoms with Crippen LogP contribution in [0.25, 0.3) is 0 Å². The molecule has 0 fully saturated rings. The Morgan fingerprint density at radius 2 is 1.84 bits per heavy atom. The van der Waals surface area contributed by atoms with Gasteiger partial charge in [0.05, 0.1) is 20.0 Å². The van der Waals surface area contributed by atoms with Crippen molar-refractivity contribution in [3.8, 4) is 11.5 Å². The van der Waals surface area contributed by atoms with Crippen LogP contribution in [0.5, 0.6) is 11.5 Å². The number of nitrogens with zero attached hydrogens (tertiary/aromatic N) is 1. The average molecular weight is 361 g/mol. The fourth-order valence-corrected chi connectivity index (χ4v) is 3.73. The van der Waals surface area contributed by atoms with E-state index in [0.717, 1.165) is 12.0 Å². The summed E-state index contributed by atoms with van der Waals surface area (Å²) in [6.07, 6.45) is 0.770. The van der Waals surface area contributed by atoms with Crippen molar-refractivity contribution in [1.82, 2.24) is 4.90 Å². The van der Waals surface area contributed by atoms with Crippen LogP contribution in [-0.2, 0) is 17.8 Å². The average Bonchev–Trinajstić information content (AvgIpc) is 2.65. The molecule has 0 saturated carbocycles. The predicted molar refractivity (Wildman–Crippen MR) is 95.8 cm³/mol. The molecular formula is C19H20FNO3S. The first-order chi connectivity index (χ1) is 12.1. The Morgan fingerprint density at radius 1 is 1.16 bits per heavy atom. The predicted octanol–water partition coefficient (Wildman–Crippen LogP) is 3.52. The van der Waals surface area contributed by atoms with Crippen LogP contribution in [0.1, 0.15) is 11.1 Å². The van der Waals surface area contributed by atoms with E-state index in [-0.39, 0.29) is 17.5 Å². The summed E-state index contributed by atoms with van der Waals surface area (Å²) < 4.78 is 24.3. The number of carbonyl (C=O) groups is 1. The minimum Gasteiger partial charge on any atom is -0.493 e. The maximum absolute atomic E-state index is 13.7. The third-order valence-corrected chi connectivity index (χ3v) is 5.29. The molecular weight excluding hydrogens is 341 g/mol. The first-order valence-electron chi connectivity index (χ1n) is 8.01. The van der Waals surface area contributed by atoms with E-state index in [1.54, 1.807) is 32.4 Å². The third-order valence-electron chi connectivity index (χ3n) is 4.26. The Morgan fingerprint density at radius 3 is 2.52 bits per heavy atom. The van der Waals surface area contributed by atoms with Gasteiger partial charge in [-0.25, -0.2) is 4.39 Å². The van der Waals surface area contributed by atoms with Crippen LogP contribution in [0.2, 0.25) is 0 Å². The Hall–Kier alpha value is -2.21. The molecule has 2 aromatic carbocycles. The fourth-order valence-electron chi connectivity index (χ4n) is 2.89. The molecule has 1 aliphatic heterocycles. The molecule has 0 radical (unpaired) electrons. The molecule has 132 valence electrons. The van der Waals surface area contributed by atoms with E-state index in [4.69, 9.17) is 9.47 Å². The molecule has 0 unspecified atom stereocenters. The van der Waals surface area contributed by atoms with E-state index >= 15 is 0 Å². The van der Waals surface area contributed by atoms with Gasteiger partial charge in [0.1, 0.15) is 5.82 Å². The molecule has 0 aromatic heterocycles. The van der Waals surface area contributed by atoms with Crippen LogP contribution in [0.15, 0.2) is 41.3 Å². The van der Waals surface area contributed by atoms with E-state index in [2.05, 4.69) is 0 Å². The largest absolute Gasteiger partial charge is 0.493 e. The van der Waals surface area contributed by atoms with Crippen molar-refractivity contribution in [3.63, 3.8) is 0 Å². The molecule has 2 aromatic rings. The highest BCUT2D eigenvalue weighted by molar-refractivity contribution is 8.00. The molecule has 25 heavy (non-hydrogen) atoms. The van der Waals surface area contributed by atoms with Crippen LogP contribution >= 0.6 is 11.8 Å². The van der Waals surface area contributed by atoms with Gasteiger partial charge >= 0.3 is 0 Å². The summed E-state index contributed by atoms with van der Waals surface area (Å²) in [5.74, 6) is 1.31. The maximum Gasteiger partial charge on any atom is 0.233 e. The van der Waals surface area contributed by atoms with E-state index in [9.17, 15) is 9.18 Å². The second kappa shape index (κ2) is 7.78. The van der Waals surface area contributed by atoms with Crippen molar-refractivity contribution in [2.24, 2.45) is 0 Å². The molecule has 1 aliphatic rings. The van der Waals surface area contributed by atoms with Gasteiger partial charge in [0, 0.05) is 18.0 Å². The highest BCUT2D eigenvalue weighted by Crippen LogP contribution is 2.33. The lowest BCUT2D eigenvalue weighted by Crippen LogP contribution is -2.37. The van der Waals surface area contributed by atoms with E-state index in [1.807, 2.05) is 17.0 Å². The zero-order valence-electron chi connectivity index (χ0n) is 14.3. The number of ether oxygens (including phenoxy) is 2. The van der Waals surface area contributed by atoms with Crippen LogP contribution in [-0.4, -0.2) is 37.3 Å². The van der Waals surface area contributed by atoms with Crippen LogP contribution < -0.4 is 9.47 Å². The number of thioether (sulfide) groups is 1. The van der Waals surface area contributed by atoms with Crippen LogP contribution in [0.4, 0.5) is 4.39 Å². The van der Waals surface area contributed by atoms with Crippen LogP contribution in [0.3, 0.4) is 0 Å². The van der Waals surface area contributed by atoms with Crippen molar-refractivity contribution in [2.45, 2.75) is 17.9 Å². The fraction of sp³-hybridized carbons (Fsp3) is 0.316. The molecule has 0 atom stereocenters. The Bertz CT molecular complexity index is 781. The van der Waals surface area contributed by atoms with Gasteiger partial charge in [0.15, 0.2) is 11.5 Å². The molecule has 0 spiro atoms. The van der Waals surface area contributed by atoms with Gasteiger partial charge < -0.3 is 14.4 Å². The van der Waals surface area contributed by atoms with Crippen molar-refractivity contribution in [1.29, 1.82) is 0 Å².